The third-order valence-electron chi connectivity index (χ3n) is 5.72. The van der Waals surface area contributed by atoms with Crippen molar-refractivity contribution in [3.05, 3.63) is 41.3 Å². The maximum Gasteiger partial charge on any atom is 0.510 e. The monoisotopic (exact) mass is 533 g/mol. The number of hydrogen-bond acceptors (Lipinski definition) is 9. The predicted molar refractivity (Wildman–Crippen MR) is 121 cm³/mol. The molecule has 1 saturated carbocycles. The Labute approximate surface area is 213 Å². The van der Waals surface area contributed by atoms with Gasteiger partial charge in [-0.3, -0.25) is 4.79 Å². The highest BCUT2D eigenvalue weighted by atomic mass is 19.4. The van der Waals surface area contributed by atoms with Gasteiger partial charge in [-0.25, -0.2) is 9.78 Å². The first kappa shape index (κ1) is 26.6. The molecule has 3 aromatic rings. The highest BCUT2D eigenvalue weighted by Gasteiger charge is 2.36. The Morgan fingerprint density at radius 2 is 1.97 bits per heavy atom. The molecule has 0 spiro atoms. The van der Waals surface area contributed by atoms with Gasteiger partial charge in [0.2, 0.25) is 12.1 Å². The van der Waals surface area contributed by atoms with Crippen LogP contribution in [0.5, 0.6) is 0 Å². The summed E-state index contributed by atoms with van der Waals surface area (Å²) in [5, 5.41) is 27.0. The fraction of sp³-hybridized carbons (Fsp3) is 0.417. The SMILES string of the molecule is CC(OC(=O)OCC(C)(C)C(=O)O)n1nc(C#N)c(-c2nc(-c3cccc(C(F)(F)F)c3)oc2C2CC2)n1. The van der Waals surface area contributed by atoms with Crippen LogP contribution in [-0.4, -0.2) is 43.8 Å². The molecule has 0 radical (unpaired) electrons. The van der Waals surface area contributed by atoms with Crippen molar-refractivity contribution in [3.8, 4) is 28.9 Å². The van der Waals surface area contributed by atoms with Gasteiger partial charge in [-0.2, -0.15) is 18.4 Å². The van der Waals surface area contributed by atoms with Gasteiger partial charge in [0.25, 0.3) is 0 Å². The number of hydrogen-bond donors (Lipinski definition) is 1. The van der Waals surface area contributed by atoms with Crippen LogP contribution in [0.1, 0.15) is 62.8 Å². The Kier molecular flexibility index (Phi) is 6.88. The van der Waals surface area contributed by atoms with Crippen molar-refractivity contribution in [2.75, 3.05) is 6.61 Å². The molecule has 0 aliphatic heterocycles. The first-order valence-corrected chi connectivity index (χ1v) is 11.4. The molecule has 14 heteroatoms. The van der Waals surface area contributed by atoms with Gasteiger partial charge < -0.3 is 19.0 Å². The average molecular weight is 533 g/mol. The van der Waals surface area contributed by atoms with Crippen LogP contribution in [-0.2, 0) is 20.4 Å². The average Bonchev–Trinajstić information content (AvgIpc) is 3.45. The molecule has 4 rings (SSSR count). The van der Waals surface area contributed by atoms with Gasteiger partial charge in [0, 0.05) is 11.5 Å². The Bertz CT molecular complexity index is 1420. The van der Waals surface area contributed by atoms with E-state index in [0.29, 0.717) is 5.76 Å². The predicted octanol–water partition coefficient (Wildman–Crippen LogP) is 5.15. The minimum atomic E-state index is -4.55. The number of carbonyl (C=O) groups is 2. The second kappa shape index (κ2) is 9.81. The Balaban J connectivity index is 1.61. The van der Waals surface area contributed by atoms with Crippen molar-refractivity contribution < 1.29 is 41.8 Å². The zero-order chi connectivity index (χ0) is 27.8. The van der Waals surface area contributed by atoms with E-state index in [1.54, 1.807) is 0 Å². The van der Waals surface area contributed by atoms with E-state index >= 15 is 0 Å². The molecule has 2 heterocycles. The van der Waals surface area contributed by atoms with Crippen LogP contribution in [0, 0.1) is 16.7 Å². The maximum absolute atomic E-state index is 13.2. The molecule has 0 saturated heterocycles. The minimum Gasteiger partial charge on any atom is -0.481 e. The second-order valence-corrected chi connectivity index (χ2v) is 9.36. The summed E-state index contributed by atoms with van der Waals surface area (Å²) in [4.78, 5) is 28.5. The largest absolute Gasteiger partial charge is 0.510 e. The third kappa shape index (κ3) is 5.61. The fourth-order valence-corrected chi connectivity index (χ4v) is 3.32. The molecule has 1 atom stereocenters. The molecule has 2 aromatic heterocycles. The standard InChI is InChI=1S/C24H22F3N5O6/c1-12(37-22(35)36-11-23(2,3)21(33)34)32-30-16(10-28)17(31-32)18-19(13-7-8-13)38-20(29-18)14-5-4-6-15(9-14)24(25,26)27/h4-6,9,12-13H,7-8,11H2,1-3H3,(H,33,34). The van der Waals surface area contributed by atoms with Crippen LogP contribution >= 0.6 is 0 Å². The summed E-state index contributed by atoms with van der Waals surface area (Å²) in [7, 11) is 0. The summed E-state index contributed by atoms with van der Waals surface area (Å²) in [5.74, 6) is -0.917. The van der Waals surface area contributed by atoms with Crippen molar-refractivity contribution in [3.63, 3.8) is 0 Å². The quantitative estimate of drug-likeness (QED) is 0.385. The summed E-state index contributed by atoms with van der Waals surface area (Å²) >= 11 is 0. The lowest BCUT2D eigenvalue weighted by Gasteiger charge is -2.19. The normalized spacial score (nSPS) is 14.6. The lowest BCUT2D eigenvalue weighted by atomic mass is 9.95. The van der Waals surface area contributed by atoms with E-state index < -0.39 is 42.1 Å². The number of rotatable bonds is 8. The molecular formula is C24H22F3N5O6. The van der Waals surface area contributed by atoms with Crippen molar-refractivity contribution in [1.29, 1.82) is 5.26 Å². The summed E-state index contributed by atoms with van der Waals surface area (Å²) in [6.07, 6.45) is -5.36. The number of alkyl halides is 3. The Hall–Kier alpha value is -4.41. The maximum atomic E-state index is 13.2. The van der Waals surface area contributed by atoms with E-state index in [4.69, 9.17) is 19.0 Å². The number of nitrogens with zero attached hydrogens (tertiary/aromatic N) is 5. The summed E-state index contributed by atoms with van der Waals surface area (Å²) in [6.45, 7) is 3.69. The van der Waals surface area contributed by atoms with Gasteiger partial charge in [-0.15, -0.1) is 15.0 Å². The Morgan fingerprint density at radius 1 is 1.26 bits per heavy atom. The number of carboxylic acids is 1. The molecule has 1 aliphatic carbocycles. The second-order valence-electron chi connectivity index (χ2n) is 9.36. The van der Waals surface area contributed by atoms with Crippen LogP contribution in [0.4, 0.5) is 18.0 Å². The van der Waals surface area contributed by atoms with Gasteiger partial charge in [0.05, 0.1) is 11.0 Å². The van der Waals surface area contributed by atoms with Crippen LogP contribution in [0.25, 0.3) is 22.8 Å². The summed E-state index contributed by atoms with van der Waals surface area (Å²) < 4.78 is 55.4. The number of carbonyl (C=O) groups excluding carboxylic acids is 1. The lowest BCUT2D eigenvalue weighted by molar-refractivity contribution is -0.149. The highest BCUT2D eigenvalue weighted by Crippen LogP contribution is 2.46. The van der Waals surface area contributed by atoms with Gasteiger partial charge in [0.15, 0.2) is 11.4 Å². The molecule has 1 unspecified atom stereocenters. The minimum absolute atomic E-state index is 0.00667. The van der Waals surface area contributed by atoms with Crippen molar-refractivity contribution >= 4 is 12.1 Å². The van der Waals surface area contributed by atoms with Crippen LogP contribution in [0.2, 0.25) is 0 Å². The molecule has 200 valence electrons. The zero-order valence-electron chi connectivity index (χ0n) is 20.4. The molecule has 38 heavy (non-hydrogen) atoms. The number of ether oxygens (including phenoxy) is 2. The number of aliphatic carboxylic acids is 1. The number of benzene rings is 1. The topological polar surface area (TPSA) is 153 Å². The van der Waals surface area contributed by atoms with Crippen LogP contribution in [0.15, 0.2) is 28.7 Å². The van der Waals surface area contributed by atoms with Gasteiger partial charge in [-0.1, -0.05) is 6.07 Å². The first-order valence-electron chi connectivity index (χ1n) is 11.4. The zero-order valence-corrected chi connectivity index (χ0v) is 20.4. The highest BCUT2D eigenvalue weighted by molar-refractivity contribution is 5.74. The smallest absolute Gasteiger partial charge is 0.481 e. The molecule has 1 aromatic carbocycles. The van der Waals surface area contributed by atoms with E-state index in [2.05, 4.69) is 15.2 Å². The van der Waals surface area contributed by atoms with E-state index in [-0.39, 0.29) is 34.5 Å². The molecule has 1 aliphatic rings. The first-order chi connectivity index (χ1) is 17.8. The van der Waals surface area contributed by atoms with E-state index in [1.807, 2.05) is 6.07 Å². The number of halogens is 3. The van der Waals surface area contributed by atoms with Crippen LogP contribution < -0.4 is 0 Å². The van der Waals surface area contributed by atoms with Crippen molar-refractivity contribution in [1.82, 2.24) is 20.0 Å². The number of oxazole rings is 1. The lowest BCUT2D eigenvalue weighted by Crippen LogP contribution is -2.31. The molecule has 0 bridgehead atoms. The van der Waals surface area contributed by atoms with Crippen molar-refractivity contribution in [2.24, 2.45) is 5.41 Å². The number of nitriles is 1. The van der Waals surface area contributed by atoms with Gasteiger partial charge in [0.1, 0.15) is 24.1 Å². The van der Waals surface area contributed by atoms with Crippen molar-refractivity contribution in [2.45, 2.75) is 51.9 Å². The fourth-order valence-electron chi connectivity index (χ4n) is 3.32. The van der Waals surface area contributed by atoms with E-state index in [0.717, 1.165) is 29.8 Å². The number of carboxylic acid groups (broad SMARTS) is 1. The van der Waals surface area contributed by atoms with E-state index in [9.17, 15) is 28.0 Å². The molecule has 1 N–H and O–H groups in total. The van der Waals surface area contributed by atoms with E-state index in [1.165, 1.54) is 32.9 Å². The number of aromatic nitrogens is 4. The third-order valence-corrected chi connectivity index (χ3v) is 5.72. The van der Waals surface area contributed by atoms with Gasteiger partial charge in [-0.05, 0) is 51.8 Å². The molecule has 11 nitrogen and oxygen atoms in total. The summed E-state index contributed by atoms with van der Waals surface area (Å²) in [6, 6.07) is 6.40. The summed E-state index contributed by atoms with van der Waals surface area (Å²) in [5.41, 5.74) is -2.12. The molecule has 1 fully saturated rings. The molecular weight excluding hydrogens is 511 g/mol. The molecule has 0 amide bonds. The van der Waals surface area contributed by atoms with Gasteiger partial charge >= 0.3 is 18.3 Å². The van der Waals surface area contributed by atoms with Crippen LogP contribution in [0.3, 0.4) is 0 Å². The Morgan fingerprint density at radius 3 is 2.58 bits per heavy atom.